The lowest BCUT2D eigenvalue weighted by molar-refractivity contribution is 0.626. The molecule has 2 aromatic carbocycles. The van der Waals surface area contributed by atoms with Crippen LogP contribution < -0.4 is 5.32 Å². The van der Waals surface area contributed by atoms with Gasteiger partial charge < -0.3 is 5.32 Å². The molecule has 1 nitrogen and oxygen atoms in total. The third-order valence-corrected chi connectivity index (χ3v) is 3.74. The van der Waals surface area contributed by atoms with E-state index < -0.39 is 0 Å². The van der Waals surface area contributed by atoms with Crippen molar-refractivity contribution < 1.29 is 4.39 Å². The van der Waals surface area contributed by atoms with Crippen molar-refractivity contribution in [1.82, 2.24) is 0 Å². The van der Waals surface area contributed by atoms with E-state index in [4.69, 9.17) is 11.6 Å². The van der Waals surface area contributed by atoms with Crippen LogP contribution in [0.2, 0.25) is 5.02 Å². The summed E-state index contributed by atoms with van der Waals surface area (Å²) in [5, 5.41) is 3.79. The molecule has 18 heavy (non-hydrogen) atoms. The fourth-order valence-electron chi connectivity index (χ4n) is 1.89. The Labute approximate surface area is 119 Å². The average molecular weight is 329 g/mol. The second-order valence-corrected chi connectivity index (χ2v) is 5.20. The van der Waals surface area contributed by atoms with E-state index in [0.29, 0.717) is 11.4 Å². The zero-order valence-electron chi connectivity index (χ0n) is 9.81. The molecule has 0 unspecified atom stereocenters. The molecule has 0 aromatic heterocycles. The Balaban J connectivity index is 2.42. The summed E-state index contributed by atoms with van der Waals surface area (Å²) in [7, 11) is 1.84. The van der Waals surface area contributed by atoms with Gasteiger partial charge in [0.2, 0.25) is 0 Å². The molecule has 0 radical (unpaired) electrons. The zero-order chi connectivity index (χ0) is 13.1. The van der Waals surface area contributed by atoms with Crippen LogP contribution >= 0.6 is 27.5 Å². The molecule has 0 bridgehead atoms. The predicted octanol–water partition coefficient (Wildman–Crippen LogP) is 4.87. The van der Waals surface area contributed by atoms with Crippen LogP contribution in [0.25, 0.3) is 0 Å². The first-order valence-electron chi connectivity index (χ1n) is 5.51. The maximum atomic E-state index is 13.2. The summed E-state index contributed by atoms with van der Waals surface area (Å²) in [6, 6.07) is 10.3. The van der Waals surface area contributed by atoms with Crippen LogP contribution in [0.3, 0.4) is 0 Å². The summed E-state index contributed by atoms with van der Waals surface area (Å²) in [5.41, 5.74) is 2.79. The molecule has 0 spiro atoms. The minimum Gasteiger partial charge on any atom is -0.387 e. The number of hydrogen-bond acceptors (Lipinski definition) is 1. The fourth-order valence-corrected chi connectivity index (χ4v) is 2.68. The van der Waals surface area contributed by atoms with Crippen LogP contribution in [0, 0.1) is 5.82 Å². The van der Waals surface area contributed by atoms with Crippen molar-refractivity contribution in [3.63, 3.8) is 0 Å². The number of anilines is 1. The molecule has 1 N–H and O–H groups in total. The minimum absolute atomic E-state index is 0.232. The van der Waals surface area contributed by atoms with Crippen LogP contribution in [0.1, 0.15) is 11.1 Å². The number of nitrogens with one attached hydrogen (secondary N) is 1. The van der Waals surface area contributed by atoms with Gasteiger partial charge in [0.1, 0.15) is 5.82 Å². The third kappa shape index (κ3) is 2.85. The van der Waals surface area contributed by atoms with Gasteiger partial charge in [-0.2, -0.15) is 0 Å². The normalized spacial score (nSPS) is 10.4. The smallest absolute Gasteiger partial charge is 0.123 e. The first-order valence-corrected chi connectivity index (χ1v) is 6.68. The molecule has 0 aliphatic carbocycles. The van der Waals surface area contributed by atoms with Gasteiger partial charge in [-0.05, 0) is 51.3 Å². The monoisotopic (exact) mass is 327 g/mol. The molecule has 94 valence electrons. The Morgan fingerprint density at radius 2 is 2.06 bits per heavy atom. The van der Waals surface area contributed by atoms with Crippen molar-refractivity contribution in [2.45, 2.75) is 6.42 Å². The van der Waals surface area contributed by atoms with Gasteiger partial charge in [-0.3, -0.25) is 0 Å². The van der Waals surface area contributed by atoms with E-state index >= 15 is 0 Å². The van der Waals surface area contributed by atoms with E-state index in [9.17, 15) is 4.39 Å². The van der Waals surface area contributed by atoms with E-state index in [1.54, 1.807) is 6.07 Å². The largest absolute Gasteiger partial charge is 0.387 e. The summed E-state index contributed by atoms with van der Waals surface area (Å²) in [5.74, 6) is -0.232. The maximum Gasteiger partial charge on any atom is 0.123 e. The van der Waals surface area contributed by atoms with Crippen LogP contribution in [-0.2, 0) is 6.42 Å². The molecule has 0 fully saturated rings. The molecular weight excluding hydrogens is 317 g/mol. The van der Waals surface area contributed by atoms with Gasteiger partial charge in [0.15, 0.2) is 0 Å². The molecule has 0 saturated carbocycles. The Bertz CT molecular complexity index is 572. The highest BCUT2D eigenvalue weighted by Gasteiger charge is 2.11. The summed E-state index contributed by atoms with van der Waals surface area (Å²) < 4.78 is 14.1. The second kappa shape index (κ2) is 5.72. The van der Waals surface area contributed by atoms with Gasteiger partial charge >= 0.3 is 0 Å². The molecule has 4 heteroatoms. The van der Waals surface area contributed by atoms with Crippen molar-refractivity contribution in [3.05, 3.63) is 62.8 Å². The quantitative estimate of drug-likeness (QED) is 0.847. The SMILES string of the molecule is CNc1c(Br)ccc(Cl)c1Cc1cccc(F)c1. The Kier molecular flexibility index (Phi) is 4.25. The van der Waals surface area contributed by atoms with E-state index in [-0.39, 0.29) is 5.82 Å². The summed E-state index contributed by atoms with van der Waals surface area (Å²) >= 11 is 9.69. The van der Waals surface area contributed by atoms with Crippen LogP contribution in [0.15, 0.2) is 40.9 Å². The van der Waals surface area contributed by atoms with E-state index in [1.807, 2.05) is 25.2 Å². The highest BCUT2D eigenvalue weighted by molar-refractivity contribution is 9.10. The molecule has 0 amide bonds. The highest BCUT2D eigenvalue weighted by Crippen LogP contribution is 2.33. The van der Waals surface area contributed by atoms with Crippen molar-refractivity contribution >= 4 is 33.2 Å². The zero-order valence-corrected chi connectivity index (χ0v) is 12.1. The Morgan fingerprint density at radius 1 is 1.28 bits per heavy atom. The van der Waals surface area contributed by atoms with Gasteiger partial charge in [-0.1, -0.05) is 23.7 Å². The maximum absolute atomic E-state index is 13.2. The van der Waals surface area contributed by atoms with Crippen molar-refractivity contribution in [2.24, 2.45) is 0 Å². The molecular formula is C14H12BrClFN. The van der Waals surface area contributed by atoms with Gasteiger partial charge in [0.25, 0.3) is 0 Å². The van der Waals surface area contributed by atoms with Crippen molar-refractivity contribution in [1.29, 1.82) is 0 Å². The first-order chi connectivity index (χ1) is 8.61. The van der Waals surface area contributed by atoms with E-state index in [0.717, 1.165) is 21.3 Å². The molecule has 0 heterocycles. The molecule has 0 atom stereocenters. The summed E-state index contributed by atoms with van der Waals surface area (Å²) in [6.07, 6.45) is 0.589. The number of hydrogen-bond donors (Lipinski definition) is 1. The lowest BCUT2D eigenvalue weighted by Gasteiger charge is -2.13. The van der Waals surface area contributed by atoms with Gasteiger partial charge in [-0.25, -0.2) is 4.39 Å². The number of benzene rings is 2. The van der Waals surface area contributed by atoms with Crippen molar-refractivity contribution in [2.75, 3.05) is 12.4 Å². The molecule has 2 aromatic rings. The lowest BCUT2D eigenvalue weighted by atomic mass is 10.0. The lowest BCUT2D eigenvalue weighted by Crippen LogP contribution is -1.99. The number of halogens is 3. The average Bonchev–Trinajstić information content (AvgIpc) is 2.34. The van der Waals surface area contributed by atoms with Gasteiger partial charge in [0, 0.05) is 23.0 Å². The van der Waals surface area contributed by atoms with Crippen molar-refractivity contribution in [3.8, 4) is 0 Å². The van der Waals surface area contributed by atoms with Gasteiger partial charge in [-0.15, -0.1) is 0 Å². The topological polar surface area (TPSA) is 12.0 Å². The summed E-state index contributed by atoms with van der Waals surface area (Å²) in [6.45, 7) is 0. The molecule has 2 rings (SSSR count). The van der Waals surface area contributed by atoms with E-state index in [1.165, 1.54) is 12.1 Å². The predicted molar refractivity (Wildman–Crippen MR) is 77.9 cm³/mol. The highest BCUT2D eigenvalue weighted by atomic mass is 79.9. The second-order valence-electron chi connectivity index (χ2n) is 3.94. The first kappa shape index (κ1) is 13.4. The molecule has 0 aliphatic rings. The van der Waals surface area contributed by atoms with Crippen LogP contribution in [-0.4, -0.2) is 7.05 Å². The molecule has 0 saturated heterocycles. The Morgan fingerprint density at radius 3 is 2.72 bits per heavy atom. The van der Waals surface area contributed by atoms with E-state index in [2.05, 4.69) is 21.2 Å². The fraction of sp³-hybridized carbons (Fsp3) is 0.143. The van der Waals surface area contributed by atoms with Gasteiger partial charge in [0.05, 0.1) is 5.69 Å². The minimum atomic E-state index is -0.232. The Hall–Kier alpha value is -1.06. The third-order valence-electron chi connectivity index (χ3n) is 2.72. The summed E-state index contributed by atoms with van der Waals surface area (Å²) in [4.78, 5) is 0. The molecule has 0 aliphatic heterocycles. The van der Waals surface area contributed by atoms with Crippen LogP contribution in [0.4, 0.5) is 10.1 Å². The number of rotatable bonds is 3. The standard InChI is InChI=1S/C14H12BrClFN/c1-18-14-11(13(16)6-5-12(14)15)8-9-3-2-4-10(17)7-9/h2-7,18H,8H2,1H3. The van der Waals surface area contributed by atoms with Crippen LogP contribution in [0.5, 0.6) is 0 Å².